The Morgan fingerprint density at radius 2 is 1.69 bits per heavy atom. The molecule has 0 heterocycles. The van der Waals surface area contributed by atoms with E-state index in [9.17, 15) is 13.2 Å². The first-order chi connectivity index (χ1) is 13.5. The second-order valence-corrected chi connectivity index (χ2v) is 9.47. The van der Waals surface area contributed by atoms with E-state index in [4.69, 9.17) is 4.74 Å². The molecule has 1 unspecified atom stereocenters. The predicted molar refractivity (Wildman–Crippen MR) is 117 cm³/mol. The van der Waals surface area contributed by atoms with Gasteiger partial charge in [-0.2, -0.15) is 0 Å². The van der Waals surface area contributed by atoms with E-state index in [0.29, 0.717) is 5.69 Å². The van der Waals surface area contributed by atoms with E-state index in [-0.39, 0.29) is 18.6 Å². The van der Waals surface area contributed by atoms with Crippen LogP contribution in [0, 0.1) is 13.8 Å². The molecule has 7 heteroatoms. The summed E-state index contributed by atoms with van der Waals surface area (Å²) in [4.78, 5) is 12.8. The molecule has 0 aliphatic rings. The van der Waals surface area contributed by atoms with E-state index in [1.165, 1.54) is 4.31 Å². The lowest BCUT2D eigenvalue weighted by molar-refractivity contribution is -0.122. The Morgan fingerprint density at radius 1 is 1.07 bits per heavy atom. The number of rotatable bonds is 8. The molecule has 29 heavy (non-hydrogen) atoms. The van der Waals surface area contributed by atoms with E-state index in [1.54, 1.807) is 19.1 Å². The molecule has 0 spiro atoms. The van der Waals surface area contributed by atoms with Crippen LogP contribution in [0.5, 0.6) is 5.75 Å². The topological polar surface area (TPSA) is 75.7 Å². The van der Waals surface area contributed by atoms with Crippen molar-refractivity contribution in [3.8, 4) is 5.75 Å². The summed E-state index contributed by atoms with van der Waals surface area (Å²) in [5, 5.41) is 2.83. The first-order valence-corrected chi connectivity index (χ1v) is 11.4. The highest BCUT2D eigenvalue weighted by molar-refractivity contribution is 7.92. The Hall–Kier alpha value is -2.54. The van der Waals surface area contributed by atoms with E-state index < -0.39 is 16.1 Å². The molecule has 0 aliphatic carbocycles. The average Bonchev–Trinajstić information content (AvgIpc) is 2.57. The van der Waals surface area contributed by atoms with E-state index in [0.717, 1.165) is 28.7 Å². The molecule has 0 aromatic heterocycles. The third kappa shape index (κ3) is 6.49. The first kappa shape index (κ1) is 22.7. The number of carbonyl (C=O) groups excluding carboxylic acids is 1. The molecule has 1 N–H and O–H groups in total. The van der Waals surface area contributed by atoms with Gasteiger partial charge in [0.15, 0.2) is 0 Å². The lowest BCUT2D eigenvalue weighted by Gasteiger charge is -2.28. The molecule has 158 valence electrons. The Labute approximate surface area is 173 Å². The van der Waals surface area contributed by atoms with Gasteiger partial charge in [-0.3, -0.25) is 9.10 Å². The third-order valence-corrected chi connectivity index (χ3v) is 5.53. The van der Waals surface area contributed by atoms with Crippen LogP contribution in [0.3, 0.4) is 0 Å². The lowest BCUT2D eigenvalue weighted by atomic mass is 10.1. The highest BCUT2D eigenvalue weighted by atomic mass is 32.2. The first-order valence-electron chi connectivity index (χ1n) is 9.58. The molecular formula is C22H30N2O4S. The van der Waals surface area contributed by atoms with Crippen molar-refractivity contribution in [1.29, 1.82) is 0 Å². The molecular weight excluding hydrogens is 388 g/mol. The van der Waals surface area contributed by atoms with Gasteiger partial charge in [0.1, 0.15) is 11.8 Å². The van der Waals surface area contributed by atoms with Gasteiger partial charge in [0, 0.05) is 6.54 Å². The van der Waals surface area contributed by atoms with E-state index >= 15 is 0 Å². The standard InChI is InChI=1S/C22H30N2O4S/c1-15(2)28-21-9-7-8-19(13-21)14-23-22(25)18(5)24(29(6,26)27)20-11-16(3)10-17(4)12-20/h7-13,15,18H,14H2,1-6H3,(H,23,25). The fourth-order valence-electron chi connectivity index (χ4n) is 3.22. The van der Waals surface area contributed by atoms with Gasteiger partial charge in [-0.15, -0.1) is 0 Å². The largest absolute Gasteiger partial charge is 0.491 e. The summed E-state index contributed by atoms with van der Waals surface area (Å²) < 4.78 is 31.7. The van der Waals surface area contributed by atoms with Crippen LogP contribution < -0.4 is 14.4 Å². The number of nitrogens with zero attached hydrogens (tertiary/aromatic N) is 1. The van der Waals surface area contributed by atoms with E-state index in [2.05, 4.69) is 5.32 Å². The summed E-state index contributed by atoms with van der Waals surface area (Å²) in [7, 11) is -3.65. The van der Waals surface area contributed by atoms with Crippen LogP contribution in [0.1, 0.15) is 37.5 Å². The van der Waals surface area contributed by atoms with Crippen LogP contribution in [0.2, 0.25) is 0 Å². The quantitative estimate of drug-likeness (QED) is 0.711. The van der Waals surface area contributed by atoms with Gasteiger partial charge in [-0.1, -0.05) is 18.2 Å². The van der Waals surface area contributed by atoms with Gasteiger partial charge in [-0.25, -0.2) is 8.42 Å². The van der Waals surface area contributed by atoms with Crippen molar-refractivity contribution in [2.45, 2.75) is 53.3 Å². The van der Waals surface area contributed by atoms with Crippen molar-refractivity contribution >= 4 is 21.6 Å². The lowest BCUT2D eigenvalue weighted by Crippen LogP contribution is -2.47. The van der Waals surface area contributed by atoms with Gasteiger partial charge in [0.25, 0.3) is 0 Å². The second kappa shape index (κ2) is 9.31. The molecule has 1 atom stereocenters. The minimum Gasteiger partial charge on any atom is -0.491 e. The summed E-state index contributed by atoms with van der Waals surface area (Å²) in [6.45, 7) is 9.56. The minimum absolute atomic E-state index is 0.0565. The monoisotopic (exact) mass is 418 g/mol. The highest BCUT2D eigenvalue weighted by Crippen LogP contribution is 2.24. The zero-order chi connectivity index (χ0) is 21.8. The average molecular weight is 419 g/mol. The van der Waals surface area contributed by atoms with Gasteiger partial charge in [0.2, 0.25) is 15.9 Å². The van der Waals surface area contributed by atoms with Gasteiger partial charge < -0.3 is 10.1 Å². The maximum absolute atomic E-state index is 12.8. The Bertz CT molecular complexity index is 950. The van der Waals surface area contributed by atoms with Crippen LogP contribution in [-0.2, 0) is 21.4 Å². The van der Waals surface area contributed by atoms with Crippen LogP contribution in [-0.4, -0.2) is 32.7 Å². The smallest absolute Gasteiger partial charge is 0.243 e. The van der Waals surface area contributed by atoms with Crippen molar-refractivity contribution in [1.82, 2.24) is 5.32 Å². The fourth-order valence-corrected chi connectivity index (χ4v) is 4.38. The number of anilines is 1. The fraction of sp³-hybridized carbons (Fsp3) is 0.409. The number of carbonyl (C=O) groups is 1. The SMILES string of the molecule is Cc1cc(C)cc(N(C(C)C(=O)NCc2cccc(OC(C)C)c2)S(C)(=O)=O)c1. The summed E-state index contributed by atoms with van der Waals surface area (Å²) >= 11 is 0. The zero-order valence-electron chi connectivity index (χ0n) is 17.9. The Balaban J connectivity index is 2.18. The number of aryl methyl sites for hydroxylation is 2. The van der Waals surface area contributed by atoms with Crippen LogP contribution >= 0.6 is 0 Å². The maximum Gasteiger partial charge on any atom is 0.243 e. The summed E-state index contributed by atoms with van der Waals surface area (Å²) in [6.07, 6.45) is 1.17. The van der Waals surface area contributed by atoms with Crippen LogP contribution in [0.15, 0.2) is 42.5 Å². The number of amides is 1. The molecule has 0 saturated carbocycles. The Morgan fingerprint density at radius 3 is 2.24 bits per heavy atom. The van der Waals surface area contributed by atoms with Crippen molar-refractivity contribution in [3.05, 3.63) is 59.2 Å². The summed E-state index contributed by atoms with van der Waals surface area (Å²) in [6, 6.07) is 12.1. The predicted octanol–water partition coefficient (Wildman–Crippen LogP) is 3.56. The summed E-state index contributed by atoms with van der Waals surface area (Å²) in [5.41, 5.74) is 3.23. The molecule has 0 bridgehead atoms. The summed E-state index contributed by atoms with van der Waals surface area (Å²) in [5.74, 6) is 0.359. The molecule has 2 aromatic carbocycles. The second-order valence-electron chi connectivity index (χ2n) is 7.61. The number of hydrogen-bond acceptors (Lipinski definition) is 4. The minimum atomic E-state index is -3.65. The van der Waals surface area contributed by atoms with Crippen molar-refractivity contribution in [3.63, 3.8) is 0 Å². The molecule has 2 aromatic rings. The Kier molecular flexibility index (Phi) is 7.30. The number of nitrogens with one attached hydrogen (secondary N) is 1. The van der Waals surface area contributed by atoms with Gasteiger partial charge >= 0.3 is 0 Å². The van der Waals surface area contributed by atoms with Crippen molar-refractivity contribution in [2.24, 2.45) is 0 Å². The van der Waals surface area contributed by atoms with Crippen LogP contribution in [0.4, 0.5) is 5.69 Å². The molecule has 0 aliphatic heterocycles. The highest BCUT2D eigenvalue weighted by Gasteiger charge is 2.29. The molecule has 0 fully saturated rings. The third-order valence-electron chi connectivity index (χ3n) is 4.29. The van der Waals surface area contributed by atoms with E-state index in [1.807, 2.05) is 58.0 Å². The number of ether oxygens (including phenoxy) is 1. The zero-order valence-corrected chi connectivity index (χ0v) is 18.7. The van der Waals surface area contributed by atoms with Crippen LogP contribution in [0.25, 0.3) is 0 Å². The molecule has 0 saturated heterocycles. The molecule has 1 amide bonds. The molecule has 0 radical (unpaired) electrons. The normalized spacial score (nSPS) is 12.5. The van der Waals surface area contributed by atoms with Gasteiger partial charge in [0.05, 0.1) is 18.0 Å². The van der Waals surface area contributed by atoms with Crippen molar-refractivity contribution in [2.75, 3.05) is 10.6 Å². The van der Waals surface area contributed by atoms with Gasteiger partial charge in [-0.05, 0) is 75.6 Å². The van der Waals surface area contributed by atoms with Crippen molar-refractivity contribution < 1.29 is 17.9 Å². The maximum atomic E-state index is 12.8. The number of hydrogen-bond donors (Lipinski definition) is 1. The number of sulfonamides is 1. The number of benzene rings is 2. The molecule has 6 nitrogen and oxygen atoms in total. The molecule has 2 rings (SSSR count).